The molecule has 1 aromatic heterocycles. The van der Waals surface area contributed by atoms with Crippen molar-refractivity contribution >= 4 is 22.8 Å². The first kappa shape index (κ1) is 17.7. The Kier molecular flexibility index (Phi) is 5.68. The van der Waals surface area contributed by atoms with Crippen LogP contribution in [0.5, 0.6) is 0 Å². The second kappa shape index (κ2) is 7.72. The van der Waals surface area contributed by atoms with E-state index in [4.69, 9.17) is 4.74 Å². The zero-order chi connectivity index (χ0) is 17.7. The molecule has 0 aliphatic heterocycles. The number of carbonyl (C=O) groups is 2. The molecular weight excluding hydrogens is 310 g/mol. The summed E-state index contributed by atoms with van der Waals surface area (Å²) >= 11 is 0. The van der Waals surface area contributed by atoms with Crippen LogP contribution < -0.4 is 10.9 Å². The molecule has 0 bridgehead atoms. The fourth-order valence-corrected chi connectivity index (χ4v) is 2.39. The van der Waals surface area contributed by atoms with Crippen molar-refractivity contribution in [2.75, 3.05) is 7.11 Å². The number of rotatable bonds is 6. The number of amides is 1. The van der Waals surface area contributed by atoms with E-state index < -0.39 is 17.9 Å². The molecule has 7 heteroatoms. The molecule has 1 heterocycles. The molecule has 1 aromatic carbocycles. The standard InChI is InChI=1S/C17H21N3O4/c1-4-11(2)15(17(23)24-3)19-14(21)9-20-10-18-13-8-6-5-7-12(13)16(20)22/h5-8,10-11,15H,4,9H2,1-3H3,(H,19,21)/t11-,15+/m0/s1. The molecule has 0 fully saturated rings. The SMILES string of the molecule is CC[C@H](C)[C@@H](NC(=O)Cn1cnc2ccccc2c1=O)C(=O)OC. The number of ether oxygens (including phenoxy) is 1. The number of nitrogens with one attached hydrogen (secondary N) is 1. The number of benzene rings is 1. The monoisotopic (exact) mass is 331 g/mol. The molecule has 2 rings (SSSR count). The summed E-state index contributed by atoms with van der Waals surface area (Å²) in [4.78, 5) is 40.6. The van der Waals surface area contributed by atoms with Gasteiger partial charge in [0.05, 0.1) is 24.3 Å². The molecule has 1 N–H and O–H groups in total. The summed E-state index contributed by atoms with van der Waals surface area (Å²) in [5, 5.41) is 3.08. The van der Waals surface area contributed by atoms with E-state index in [2.05, 4.69) is 10.3 Å². The number of methoxy groups -OCH3 is 1. The van der Waals surface area contributed by atoms with Crippen molar-refractivity contribution < 1.29 is 14.3 Å². The summed E-state index contributed by atoms with van der Waals surface area (Å²) in [5.74, 6) is -1.01. The summed E-state index contributed by atoms with van der Waals surface area (Å²) in [7, 11) is 1.28. The molecule has 24 heavy (non-hydrogen) atoms. The van der Waals surface area contributed by atoms with Crippen LogP contribution in [-0.2, 0) is 20.9 Å². The van der Waals surface area contributed by atoms with Gasteiger partial charge in [-0.3, -0.25) is 14.2 Å². The van der Waals surface area contributed by atoms with Gasteiger partial charge < -0.3 is 10.1 Å². The third-order valence-electron chi connectivity index (χ3n) is 4.03. The lowest BCUT2D eigenvalue weighted by Gasteiger charge is -2.22. The van der Waals surface area contributed by atoms with E-state index >= 15 is 0 Å². The maximum Gasteiger partial charge on any atom is 0.328 e. The van der Waals surface area contributed by atoms with E-state index in [-0.39, 0.29) is 18.0 Å². The van der Waals surface area contributed by atoms with Crippen LogP contribution in [0.1, 0.15) is 20.3 Å². The van der Waals surface area contributed by atoms with Crippen molar-refractivity contribution in [3.8, 4) is 0 Å². The Bertz CT molecular complexity index is 800. The van der Waals surface area contributed by atoms with Gasteiger partial charge in [-0.15, -0.1) is 0 Å². The van der Waals surface area contributed by atoms with Gasteiger partial charge in [0.15, 0.2) is 0 Å². The first-order chi connectivity index (χ1) is 11.5. The minimum absolute atomic E-state index is 0.0761. The highest BCUT2D eigenvalue weighted by Crippen LogP contribution is 2.09. The van der Waals surface area contributed by atoms with Gasteiger partial charge in [-0.1, -0.05) is 32.4 Å². The normalized spacial score (nSPS) is 13.3. The minimum Gasteiger partial charge on any atom is -0.467 e. The Balaban J connectivity index is 2.18. The smallest absolute Gasteiger partial charge is 0.328 e. The van der Waals surface area contributed by atoms with Crippen LogP contribution in [0.3, 0.4) is 0 Å². The number of hydrogen-bond donors (Lipinski definition) is 1. The van der Waals surface area contributed by atoms with Gasteiger partial charge in [0.1, 0.15) is 12.6 Å². The van der Waals surface area contributed by atoms with Gasteiger partial charge in [0.2, 0.25) is 5.91 Å². The van der Waals surface area contributed by atoms with Gasteiger partial charge >= 0.3 is 5.97 Å². The molecule has 0 aliphatic rings. The molecule has 0 aliphatic carbocycles. The first-order valence-electron chi connectivity index (χ1n) is 7.79. The third-order valence-corrected chi connectivity index (χ3v) is 4.03. The second-order valence-electron chi connectivity index (χ2n) is 5.65. The number of para-hydroxylation sites is 1. The van der Waals surface area contributed by atoms with Crippen LogP contribution in [0, 0.1) is 5.92 Å². The molecule has 0 spiro atoms. The van der Waals surface area contributed by atoms with Crippen molar-refractivity contribution in [2.45, 2.75) is 32.9 Å². The van der Waals surface area contributed by atoms with Crippen molar-refractivity contribution in [1.82, 2.24) is 14.9 Å². The van der Waals surface area contributed by atoms with E-state index in [0.717, 1.165) is 0 Å². The number of fused-ring (bicyclic) bond motifs is 1. The molecule has 0 saturated heterocycles. The second-order valence-corrected chi connectivity index (χ2v) is 5.65. The maximum absolute atomic E-state index is 12.4. The molecular formula is C17H21N3O4. The fraction of sp³-hybridized carbons (Fsp3) is 0.412. The predicted molar refractivity (Wildman–Crippen MR) is 89.4 cm³/mol. The molecule has 2 atom stereocenters. The molecule has 1 amide bonds. The van der Waals surface area contributed by atoms with Crippen LogP contribution in [0.25, 0.3) is 10.9 Å². The lowest BCUT2D eigenvalue weighted by atomic mass is 9.99. The molecule has 2 aromatic rings. The summed E-state index contributed by atoms with van der Waals surface area (Å²) in [6, 6.07) is 6.19. The Morgan fingerprint density at radius 1 is 1.33 bits per heavy atom. The van der Waals surface area contributed by atoms with Gasteiger partial charge in [-0.2, -0.15) is 0 Å². The number of nitrogens with zero attached hydrogens (tertiary/aromatic N) is 2. The minimum atomic E-state index is -0.739. The van der Waals surface area contributed by atoms with Crippen LogP contribution in [-0.4, -0.2) is 34.6 Å². The van der Waals surface area contributed by atoms with Crippen molar-refractivity contribution in [1.29, 1.82) is 0 Å². The molecule has 0 radical (unpaired) electrons. The zero-order valence-corrected chi connectivity index (χ0v) is 14.0. The van der Waals surface area contributed by atoms with Gasteiger partial charge in [-0.25, -0.2) is 9.78 Å². The van der Waals surface area contributed by atoms with Gasteiger partial charge in [0, 0.05) is 0 Å². The molecule has 0 unspecified atom stereocenters. The molecule has 128 valence electrons. The fourth-order valence-electron chi connectivity index (χ4n) is 2.39. The molecule has 7 nitrogen and oxygen atoms in total. The Labute approximate surface area is 139 Å². The highest BCUT2D eigenvalue weighted by molar-refractivity contribution is 5.84. The van der Waals surface area contributed by atoms with E-state index in [0.29, 0.717) is 17.3 Å². The highest BCUT2D eigenvalue weighted by Gasteiger charge is 2.26. The summed E-state index contributed by atoms with van der Waals surface area (Å²) in [6.45, 7) is 3.57. The third kappa shape index (κ3) is 3.79. The van der Waals surface area contributed by atoms with Crippen LogP contribution >= 0.6 is 0 Å². The van der Waals surface area contributed by atoms with Crippen LogP contribution in [0.4, 0.5) is 0 Å². The Hall–Kier alpha value is -2.70. The van der Waals surface area contributed by atoms with Crippen LogP contribution in [0.2, 0.25) is 0 Å². The van der Waals surface area contributed by atoms with E-state index in [1.807, 2.05) is 13.8 Å². The number of carbonyl (C=O) groups excluding carboxylic acids is 2. The topological polar surface area (TPSA) is 90.3 Å². The highest BCUT2D eigenvalue weighted by atomic mass is 16.5. The van der Waals surface area contributed by atoms with Crippen molar-refractivity contribution in [3.05, 3.63) is 40.9 Å². The summed E-state index contributed by atoms with van der Waals surface area (Å²) in [5.41, 5.74) is 0.278. The number of esters is 1. The van der Waals surface area contributed by atoms with Crippen molar-refractivity contribution in [3.63, 3.8) is 0 Å². The summed E-state index contributed by atoms with van der Waals surface area (Å²) in [6.07, 6.45) is 2.04. The quantitative estimate of drug-likeness (QED) is 0.801. The van der Waals surface area contributed by atoms with E-state index in [1.165, 1.54) is 18.0 Å². The number of hydrogen-bond acceptors (Lipinski definition) is 5. The average molecular weight is 331 g/mol. The lowest BCUT2D eigenvalue weighted by molar-refractivity contribution is -0.146. The van der Waals surface area contributed by atoms with Crippen molar-refractivity contribution in [2.24, 2.45) is 5.92 Å². The van der Waals surface area contributed by atoms with E-state index in [9.17, 15) is 14.4 Å². The van der Waals surface area contributed by atoms with E-state index in [1.54, 1.807) is 24.3 Å². The van der Waals surface area contributed by atoms with Gasteiger partial charge in [0.25, 0.3) is 5.56 Å². The summed E-state index contributed by atoms with van der Waals surface area (Å²) < 4.78 is 5.96. The largest absolute Gasteiger partial charge is 0.467 e. The Morgan fingerprint density at radius 2 is 2.04 bits per heavy atom. The number of aromatic nitrogens is 2. The Morgan fingerprint density at radius 3 is 2.71 bits per heavy atom. The average Bonchev–Trinajstić information content (AvgIpc) is 2.61. The predicted octanol–water partition coefficient (Wildman–Crippen LogP) is 1.10. The molecule has 0 saturated carbocycles. The zero-order valence-electron chi connectivity index (χ0n) is 14.0. The maximum atomic E-state index is 12.4. The first-order valence-corrected chi connectivity index (χ1v) is 7.79. The van der Waals surface area contributed by atoms with Gasteiger partial charge in [-0.05, 0) is 18.1 Å². The lowest BCUT2D eigenvalue weighted by Crippen LogP contribution is -2.47. The van der Waals surface area contributed by atoms with Crippen LogP contribution in [0.15, 0.2) is 35.4 Å².